The van der Waals surface area contributed by atoms with E-state index in [1.807, 2.05) is 18.2 Å². The van der Waals surface area contributed by atoms with Gasteiger partial charge < -0.3 is 4.57 Å². The molecular formula is C14H15ClN2OS2. The van der Waals surface area contributed by atoms with Crippen LogP contribution in [0.25, 0.3) is 10.2 Å². The molecule has 20 heavy (non-hydrogen) atoms. The zero-order valence-corrected chi connectivity index (χ0v) is 13.5. The molecule has 1 fully saturated rings. The molecular weight excluding hydrogens is 312 g/mol. The number of carbonyl (C=O) groups is 1. The molecule has 3 rings (SSSR count). The molecule has 0 spiro atoms. The van der Waals surface area contributed by atoms with Crippen LogP contribution in [-0.2, 0) is 11.3 Å². The van der Waals surface area contributed by atoms with Gasteiger partial charge in [-0.15, -0.1) is 0 Å². The summed E-state index contributed by atoms with van der Waals surface area (Å²) in [6.07, 6.45) is 4.06. The van der Waals surface area contributed by atoms with Gasteiger partial charge in [-0.2, -0.15) is 16.8 Å². The van der Waals surface area contributed by atoms with E-state index in [9.17, 15) is 4.79 Å². The van der Waals surface area contributed by atoms with E-state index in [2.05, 4.69) is 15.8 Å². The van der Waals surface area contributed by atoms with Crippen LogP contribution in [0.2, 0.25) is 5.02 Å². The van der Waals surface area contributed by atoms with Crippen LogP contribution in [0.1, 0.15) is 12.8 Å². The number of benzene rings is 1. The summed E-state index contributed by atoms with van der Waals surface area (Å²) in [6.45, 7) is 0.861. The van der Waals surface area contributed by atoms with E-state index >= 15 is 0 Å². The summed E-state index contributed by atoms with van der Waals surface area (Å²) in [7, 11) is 0. The SMILES string of the molecule is CSCCn1c(=NC(=O)C2CC2)sc2cc(Cl)ccc21. The standard InChI is InChI=1S/C14H15ClN2OS2/c1-19-7-6-17-11-5-4-10(15)8-12(11)20-14(17)16-13(18)9-2-3-9/h4-5,8-9H,2-3,6-7H2,1H3. The van der Waals surface area contributed by atoms with E-state index in [0.717, 1.165) is 45.2 Å². The number of nitrogens with zero attached hydrogens (tertiary/aromatic N) is 2. The first-order valence-corrected chi connectivity index (χ1v) is 9.14. The summed E-state index contributed by atoms with van der Waals surface area (Å²) in [4.78, 5) is 17.1. The highest BCUT2D eigenvalue weighted by Gasteiger charge is 2.29. The lowest BCUT2D eigenvalue weighted by molar-refractivity contribution is -0.119. The van der Waals surface area contributed by atoms with Crippen LogP contribution >= 0.6 is 34.7 Å². The first kappa shape index (κ1) is 14.2. The molecule has 1 aliphatic rings. The predicted octanol–water partition coefficient (Wildman–Crippen LogP) is 3.56. The minimum atomic E-state index is 0.0283. The highest BCUT2D eigenvalue weighted by molar-refractivity contribution is 7.98. The number of rotatable bonds is 4. The molecule has 1 saturated carbocycles. The maximum absolute atomic E-state index is 11.9. The fraction of sp³-hybridized carbons (Fsp3) is 0.429. The van der Waals surface area contributed by atoms with Gasteiger partial charge in [-0.3, -0.25) is 4.79 Å². The van der Waals surface area contributed by atoms with Gasteiger partial charge in [0.1, 0.15) is 0 Å². The molecule has 0 saturated heterocycles. The molecule has 0 atom stereocenters. The van der Waals surface area contributed by atoms with Gasteiger partial charge in [0.05, 0.1) is 10.2 Å². The topological polar surface area (TPSA) is 34.4 Å². The largest absolute Gasteiger partial charge is 0.316 e. The molecule has 2 aromatic rings. The van der Waals surface area contributed by atoms with E-state index in [1.165, 1.54) is 0 Å². The Morgan fingerprint density at radius 3 is 3.05 bits per heavy atom. The van der Waals surface area contributed by atoms with Gasteiger partial charge in [0, 0.05) is 23.2 Å². The van der Waals surface area contributed by atoms with Crippen LogP contribution < -0.4 is 4.80 Å². The Kier molecular flexibility index (Phi) is 4.19. The first-order chi connectivity index (χ1) is 9.69. The maximum atomic E-state index is 11.9. The van der Waals surface area contributed by atoms with Crippen molar-refractivity contribution in [3.8, 4) is 0 Å². The van der Waals surface area contributed by atoms with Crippen LogP contribution in [0.15, 0.2) is 23.2 Å². The minimum Gasteiger partial charge on any atom is -0.316 e. The van der Waals surface area contributed by atoms with Gasteiger partial charge in [-0.1, -0.05) is 22.9 Å². The van der Waals surface area contributed by atoms with Gasteiger partial charge in [0.15, 0.2) is 4.80 Å². The fourth-order valence-electron chi connectivity index (χ4n) is 2.05. The number of carbonyl (C=O) groups excluding carboxylic acids is 1. The zero-order chi connectivity index (χ0) is 14.1. The van der Waals surface area contributed by atoms with E-state index < -0.39 is 0 Å². The van der Waals surface area contributed by atoms with Gasteiger partial charge in [0.2, 0.25) is 0 Å². The van der Waals surface area contributed by atoms with Crippen molar-refractivity contribution in [2.45, 2.75) is 19.4 Å². The molecule has 0 aliphatic heterocycles. The summed E-state index contributed by atoms with van der Waals surface area (Å²) < 4.78 is 3.22. The van der Waals surface area contributed by atoms with Crippen molar-refractivity contribution < 1.29 is 4.79 Å². The van der Waals surface area contributed by atoms with E-state index in [-0.39, 0.29) is 11.8 Å². The average Bonchev–Trinajstić information content (AvgIpc) is 3.21. The lowest BCUT2D eigenvalue weighted by Gasteiger charge is -2.03. The van der Waals surface area contributed by atoms with Crippen molar-refractivity contribution in [3.63, 3.8) is 0 Å². The number of hydrogen-bond acceptors (Lipinski definition) is 3. The number of thioether (sulfide) groups is 1. The van der Waals surface area contributed by atoms with Gasteiger partial charge >= 0.3 is 0 Å². The quantitative estimate of drug-likeness (QED) is 0.861. The normalized spacial score (nSPS) is 16.0. The third-order valence-corrected chi connectivity index (χ3v) is 5.16. The highest BCUT2D eigenvalue weighted by Crippen LogP contribution is 2.30. The van der Waals surface area contributed by atoms with Crippen LogP contribution in [0.5, 0.6) is 0 Å². The van der Waals surface area contributed by atoms with Crippen molar-refractivity contribution in [2.75, 3.05) is 12.0 Å². The van der Waals surface area contributed by atoms with Crippen LogP contribution in [0.3, 0.4) is 0 Å². The van der Waals surface area contributed by atoms with Crippen LogP contribution in [0, 0.1) is 5.92 Å². The van der Waals surface area contributed by atoms with Crippen LogP contribution in [-0.4, -0.2) is 22.5 Å². The molecule has 6 heteroatoms. The smallest absolute Gasteiger partial charge is 0.251 e. The molecule has 0 unspecified atom stereocenters. The molecule has 0 bridgehead atoms. The number of aryl methyl sites for hydroxylation is 1. The van der Waals surface area contributed by atoms with Crippen LogP contribution in [0.4, 0.5) is 0 Å². The number of thiazole rings is 1. The Hall–Kier alpha value is -0.780. The lowest BCUT2D eigenvalue weighted by atomic mass is 10.3. The Bertz CT molecular complexity index is 716. The number of fused-ring (bicyclic) bond motifs is 1. The molecule has 1 amide bonds. The van der Waals surface area contributed by atoms with Gasteiger partial charge in [-0.05, 0) is 37.3 Å². The van der Waals surface area contributed by atoms with Crippen molar-refractivity contribution >= 4 is 50.8 Å². The number of halogens is 1. The highest BCUT2D eigenvalue weighted by atomic mass is 35.5. The summed E-state index contributed by atoms with van der Waals surface area (Å²) in [5.74, 6) is 1.19. The maximum Gasteiger partial charge on any atom is 0.251 e. The van der Waals surface area contributed by atoms with Crippen molar-refractivity contribution in [1.29, 1.82) is 0 Å². The van der Waals surface area contributed by atoms with Gasteiger partial charge in [-0.25, -0.2) is 0 Å². The molecule has 3 nitrogen and oxygen atoms in total. The molecule has 0 radical (unpaired) electrons. The number of aromatic nitrogens is 1. The van der Waals surface area contributed by atoms with E-state index in [0.29, 0.717) is 0 Å². The second-order valence-electron chi connectivity index (χ2n) is 4.87. The van der Waals surface area contributed by atoms with Gasteiger partial charge in [0.25, 0.3) is 5.91 Å². The van der Waals surface area contributed by atoms with Crippen molar-refractivity contribution in [3.05, 3.63) is 28.0 Å². The zero-order valence-electron chi connectivity index (χ0n) is 11.1. The third-order valence-electron chi connectivity index (χ3n) is 3.30. The van der Waals surface area contributed by atoms with Crippen molar-refractivity contribution in [1.82, 2.24) is 4.57 Å². The predicted molar refractivity (Wildman–Crippen MR) is 86.5 cm³/mol. The Morgan fingerprint density at radius 1 is 1.55 bits per heavy atom. The Labute approximate surface area is 130 Å². The summed E-state index contributed by atoms with van der Waals surface area (Å²) in [6, 6.07) is 5.84. The molecule has 1 aliphatic carbocycles. The molecule has 0 N–H and O–H groups in total. The summed E-state index contributed by atoms with van der Waals surface area (Å²) >= 11 is 9.38. The summed E-state index contributed by atoms with van der Waals surface area (Å²) in [5, 5.41) is 0.718. The lowest BCUT2D eigenvalue weighted by Crippen LogP contribution is -2.18. The summed E-state index contributed by atoms with van der Waals surface area (Å²) in [5.41, 5.74) is 1.11. The van der Waals surface area contributed by atoms with E-state index in [4.69, 9.17) is 11.6 Å². The molecule has 1 heterocycles. The minimum absolute atomic E-state index is 0.0283. The molecule has 106 valence electrons. The Morgan fingerprint density at radius 2 is 2.35 bits per heavy atom. The number of amides is 1. The monoisotopic (exact) mass is 326 g/mol. The molecule has 1 aromatic heterocycles. The second kappa shape index (κ2) is 5.92. The van der Waals surface area contributed by atoms with E-state index in [1.54, 1.807) is 23.1 Å². The second-order valence-corrected chi connectivity index (χ2v) is 7.30. The Balaban J connectivity index is 2.10. The average molecular weight is 327 g/mol. The van der Waals surface area contributed by atoms with Crippen molar-refractivity contribution in [2.24, 2.45) is 10.9 Å². The molecule has 1 aromatic carbocycles. The number of hydrogen-bond donors (Lipinski definition) is 0. The fourth-order valence-corrected chi connectivity index (χ4v) is 3.75. The third kappa shape index (κ3) is 2.95. The first-order valence-electron chi connectivity index (χ1n) is 6.55.